The van der Waals surface area contributed by atoms with E-state index in [2.05, 4.69) is 21.2 Å². The Balaban J connectivity index is 2.63. The maximum Gasteiger partial charge on any atom is 0.328 e. The minimum Gasteiger partial charge on any atom is -0.478 e. The molecule has 0 aromatic heterocycles. The van der Waals surface area contributed by atoms with Gasteiger partial charge in [-0.2, -0.15) is 0 Å². The molecular formula is C10H8BrNO3. The highest BCUT2D eigenvalue weighted by Gasteiger charge is 1.98. The first-order valence-electron chi connectivity index (χ1n) is 4.05. The lowest BCUT2D eigenvalue weighted by atomic mass is 10.3. The molecular weight excluding hydrogens is 262 g/mol. The minimum absolute atomic E-state index is 0.476. The van der Waals surface area contributed by atoms with Gasteiger partial charge in [0, 0.05) is 22.3 Å². The van der Waals surface area contributed by atoms with Gasteiger partial charge in [-0.3, -0.25) is 4.79 Å². The molecule has 4 nitrogen and oxygen atoms in total. The van der Waals surface area contributed by atoms with Crippen LogP contribution in [0, 0.1) is 0 Å². The van der Waals surface area contributed by atoms with Crippen molar-refractivity contribution in [2.24, 2.45) is 0 Å². The normalized spacial score (nSPS) is 10.2. The molecule has 1 aromatic carbocycles. The molecule has 0 aliphatic heterocycles. The standard InChI is InChI=1S/C10H8BrNO3/c11-7-2-1-3-8(6-7)12-9(13)4-5-10(14)15/h1-6H,(H,12,13)(H,14,15)/b5-4+. The molecule has 0 aliphatic rings. The van der Waals surface area contributed by atoms with Crippen molar-refractivity contribution in [3.8, 4) is 0 Å². The van der Waals surface area contributed by atoms with Crippen LogP contribution in [0.1, 0.15) is 0 Å². The number of halogens is 1. The molecule has 1 rings (SSSR count). The number of hydrogen-bond acceptors (Lipinski definition) is 2. The van der Waals surface area contributed by atoms with Crippen LogP contribution in [0.5, 0.6) is 0 Å². The Morgan fingerprint density at radius 2 is 2.07 bits per heavy atom. The van der Waals surface area contributed by atoms with Crippen LogP contribution in [0.2, 0.25) is 0 Å². The van der Waals surface area contributed by atoms with Crippen LogP contribution in [-0.4, -0.2) is 17.0 Å². The molecule has 0 bridgehead atoms. The lowest BCUT2D eigenvalue weighted by Gasteiger charge is -2.01. The molecule has 1 amide bonds. The molecule has 2 N–H and O–H groups in total. The lowest BCUT2D eigenvalue weighted by molar-refractivity contribution is -0.131. The SMILES string of the molecule is O=C(O)/C=C/C(=O)Nc1cccc(Br)c1. The monoisotopic (exact) mass is 269 g/mol. The number of carboxylic acids is 1. The average Bonchev–Trinajstić information content (AvgIpc) is 2.15. The third-order valence-corrected chi connectivity index (χ3v) is 1.96. The van der Waals surface area contributed by atoms with Gasteiger partial charge in [0.25, 0.3) is 0 Å². The van der Waals surface area contributed by atoms with Gasteiger partial charge in [-0.15, -0.1) is 0 Å². The van der Waals surface area contributed by atoms with Gasteiger partial charge in [0.15, 0.2) is 0 Å². The molecule has 1 aromatic rings. The highest BCUT2D eigenvalue weighted by Crippen LogP contribution is 2.15. The Labute approximate surface area is 94.7 Å². The zero-order chi connectivity index (χ0) is 11.3. The third kappa shape index (κ3) is 4.42. The molecule has 0 saturated heterocycles. The van der Waals surface area contributed by atoms with Gasteiger partial charge in [-0.25, -0.2) is 4.79 Å². The van der Waals surface area contributed by atoms with Crippen LogP contribution in [-0.2, 0) is 9.59 Å². The largest absolute Gasteiger partial charge is 0.478 e. The summed E-state index contributed by atoms with van der Waals surface area (Å²) in [5.74, 6) is -1.63. The fourth-order valence-corrected chi connectivity index (χ4v) is 1.30. The summed E-state index contributed by atoms with van der Waals surface area (Å²) in [5.41, 5.74) is 0.601. The van der Waals surface area contributed by atoms with Gasteiger partial charge in [-0.05, 0) is 18.2 Å². The van der Waals surface area contributed by atoms with E-state index in [-0.39, 0.29) is 0 Å². The van der Waals surface area contributed by atoms with E-state index in [1.54, 1.807) is 18.2 Å². The summed E-state index contributed by atoms with van der Waals surface area (Å²) < 4.78 is 0.836. The highest BCUT2D eigenvalue weighted by atomic mass is 79.9. The van der Waals surface area contributed by atoms with Gasteiger partial charge in [0.2, 0.25) is 5.91 Å². The number of anilines is 1. The number of nitrogens with one attached hydrogen (secondary N) is 1. The molecule has 0 heterocycles. The molecule has 5 heteroatoms. The van der Waals surface area contributed by atoms with Crippen LogP contribution in [0.25, 0.3) is 0 Å². The summed E-state index contributed by atoms with van der Waals surface area (Å²) in [7, 11) is 0. The predicted octanol–water partition coefficient (Wildman–Crippen LogP) is 2.03. The Morgan fingerprint density at radius 1 is 1.33 bits per heavy atom. The van der Waals surface area contributed by atoms with E-state index in [0.29, 0.717) is 5.69 Å². The fraction of sp³-hybridized carbons (Fsp3) is 0. The van der Waals surface area contributed by atoms with E-state index in [0.717, 1.165) is 16.6 Å². The summed E-state index contributed by atoms with van der Waals surface area (Å²) in [6.07, 6.45) is 1.75. The van der Waals surface area contributed by atoms with Crippen molar-refractivity contribution in [2.75, 3.05) is 5.32 Å². The highest BCUT2D eigenvalue weighted by molar-refractivity contribution is 9.10. The average molecular weight is 270 g/mol. The number of aliphatic carboxylic acids is 1. The molecule has 78 valence electrons. The summed E-state index contributed by atoms with van der Waals surface area (Å²) in [4.78, 5) is 21.3. The third-order valence-electron chi connectivity index (χ3n) is 1.47. The molecule has 0 fully saturated rings. The van der Waals surface area contributed by atoms with Gasteiger partial charge in [-0.1, -0.05) is 22.0 Å². The molecule has 0 atom stereocenters. The maximum atomic E-state index is 11.2. The summed E-state index contributed by atoms with van der Waals surface area (Å²) in [5, 5.41) is 10.8. The number of amides is 1. The smallest absolute Gasteiger partial charge is 0.328 e. The van der Waals surface area contributed by atoms with Gasteiger partial charge in [0.05, 0.1) is 0 Å². The van der Waals surface area contributed by atoms with Gasteiger partial charge < -0.3 is 10.4 Å². The van der Waals surface area contributed by atoms with E-state index in [1.165, 1.54) is 0 Å². The molecule has 15 heavy (non-hydrogen) atoms. The van der Waals surface area contributed by atoms with Gasteiger partial charge in [0.1, 0.15) is 0 Å². The fourth-order valence-electron chi connectivity index (χ4n) is 0.897. The van der Waals surface area contributed by atoms with Crippen molar-refractivity contribution < 1.29 is 14.7 Å². The van der Waals surface area contributed by atoms with Crippen LogP contribution in [0.4, 0.5) is 5.69 Å². The summed E-state index contributed by atoms with van der Waals surface area (Å²) in [6, 6.07) is 7.01. The number of carboxylic acid groups (broad SMARTS) is 1. The van der Waals surface area contributed by atoms with Crippen molar-refractivity contribution in [1.29, 1.82) is 0 Å². The number of carbonyl (C=O) groups is 2. The summed E-state index contributed by atoms with van der Waals surface area (Å²) in [6.45, 7) is 0. The molecule has 0 radical (unpaired) electrons. The second-order valence-corrected chi connectivity index (χ2v) is 3.59. The van der Waals surface area contributed by atoms with E-state index < -0.39 is 11.9 Å². The molecule has 0 spiro atoms. The minimum atomic E-state index is -1.15. The lowest BCUT2D eigenvalue weighted by Crippen LogP contribution is -2.08. The first kappa shape index (κ1) is 11.5. The quantitative estimate of drug-likeness (QED) is 0.826. The zero-order valence-electron chi connectivity index (χ0n) is 7.61. The van der Waals surface area contributed by atoms with E-state index in [4.69, 9.17) is 5.11 Å². The number of rotatable bonds is 3. The Bertz CT molecular complexity index is 415. The molecule has 0 saturated carbocycles. The van der Waals surface area contributed by atoms with Crippen molar-refractivity contribution >= 4 is 33.5 Å². The first-order valence-corrected chi connectivity index (χ1v) is 4.85. The van der Waals surface area contributed by atoms with Crippen LogP contribution >= 0.6 is 15.9 Å². The number of carbonyl (C=O) groups excluding carboxylic acids is 1. The van der Waals surface area contributed by atoms with Crippen molar-refractivity contribution in [1.82, 2.24) is 0 Å². The predicted molar refractivity (Wildman–Crippen MR) is 59.5 cm³/mol. The van der Waals surface area contributed by atoms with Crippen LogP contribution in [0.3, 0.4) is 0 Å². The zero-order valence-corrected chi connectivity index (χ0v) is 9.19. The summed E-state index contributed by atoms with van der Waals surface area (Å²) >= 11 is 3.25. The molecule has 0 unspecified atom stereocenters. The maximum absolute atomic E-state index is 11.2. The van der Waals surface area contributed by atoms with E-state index >= 15 is 0 Å². The van der Waals surface area contributed by atoms with E-state index in [1.807, 2.05) is 6.07 Å². The first-order chi connectivity index (χ1) is 7.08. The van der Waals surface area contributed by atoms with Crippen molar-refractivity contribution in [3.63, 3.8) is 0 Å². The Kier molecular flexibility index (Phi) is 4.05. The second kappa shape index (κ2) is 5.31. The Morgan fingerprint density at radius 3 is 2.67 bits per heavy atom. The molecule has 0 aliphatic carbocycles. The van der Waals surface area contributed by atoms with Crippen molar-refractivity contribution in [2.45, 2.75) is 0 Å². The van der Waals surface area contributed by atoms with Gasteiger partial charge >= 0.3 is 5.97 Å². The number of hydrogen-bond donors (Lipinski definition) is 2. The van der Waals surface area contributed by atoms with Crippen molar-refractivity contribution in [3.05, 3.63) is 40.9 Å². The van der Waals surface area contributed by atoms with Crippen LogP contribution in [0.15, 0.2) is 40.9 Å². The second-order valence-electron chi connectivity index (χ2n) is 2.67. The topological polar surface area (TPSA) is 66.4 Å². The Hall–Kier alpha value is -1.62. The van der Waals surface area contributed by atoms with E-state index in [9.17, 15) is 9.59 Å². The van der Waals surface area contributed by atoms with Crippen LogP contribution < -0.4 is 5.32 Å². The number of benzene rings is 1.